The Morgan fingerprint density at radius 3 is 2.77 bits per heavy atom. The molecule has 3 heterocycles. The number of nitrogens with two attached hydrogens (primary N) is 1. The average molecular weight is 369 g/mol. The maximum Gasteiger partial charge on any atom is 0.232 e. The Balaban J connectivity index is 1.81. The number of nitrogen functional groups attached to an aromatic ring is 1. The zero-order valence-corrected chi connectivity index (χ0v) is 15.1. The maximum absolute atomic E-state index is 6.36. The van der Waals surface area contributed by atoms with Crippen LogP contribution in [0, 0.1) is 5.92 Å². The molecule has 6 nitrogen and oxygen atoms in total. The number of hydrogen-bond acceptors (Lipinski definition) is 6. The lowest BCUT2D eigenvalue weighted by Gasteiger charge is -2.11. The fourth-order valence-electron chi connectivity index (χ4n) is 2.78. The molecular formula is C19H17ClN4O2. The van der Waals surface area contributed by atoms with Gasteiger partial charge in [0.15, 0.2) is 11.4 Å². The van der Waals surface area contributed by atoms with Crippen LogP contribution in [-0.2, 0) is 0 Å². The van der Waals surface area contributed by atoms with Gasteiger partial charge in [0.2, 0.25) is 5.88 Å². The molecule has 0 saturated carbocycles. The minimum absolute atomic E-state index is 0.365. The highest BCUT2D eigenvalue weighted by atomic mass is 35.5. The number of aromatic nitrogens is 3. The summed E-state index contributed by atoms with van der Waals surface area (Å²) < 4.78 is 10.9. The predicted octanol–water partition coefficient (Wildman–Crippen LogP) is 4.71. The number of fused-ring (bicyclic) bond motifs is 2. The first-order chi connectivity index (χ1) is 12.5. The van der Waals surface area contributed by atoms with Crippen LogP contribution < -0.4 is 10.5 Å². The van der Waals surface area contributed by atoms with Crippen molar-refractivity contribution in [2.24, 2.45) is 5.92 Å². The van der Waals surface area contributed by atoms with E-state index in [1.165, 1.54) is 0 Å². The first-order valence-corrected chi connectivity index (χ1v) is 8.62. The molecular weight excluding hydrogens is 352 g/mol. The number of benzene rings is 1. The zero-order valence-electron chi connectivity index (χ0n) is 14.4. The van der Waals surface area contributed by atoms with Crippen LogP contribution in [0.3, 0.4) is 0 Å². The highest BCUT2D eigenvalue weighted by molar-refractivity contribution is 6.32. The third kappa shape index (κ3) is 2.93. The standard InChI is InChI=1S/C19H17ClN4O2/c1-10(2)9-25-19-16(20)4-12(7-23-19)15-8-22-6-11-3-14-17(5-13(11)15)26-24-18(14)21/h3-8,10H,9H2,1-2H3,(H2,21,24). The van der Waals surface area contributed by atoms with E-state index < -0.39 is 0 Å². The van der Waals surface area contributed by atoms with Crippen LogP contribution in [0.4, 0.5) is 5.82 Å². The van der Waals surface area contributed by atoms with Crippen LogP contribution in [-0.4, -0.2) is 21.7 Å². The van der Waals surface area contributed by atoms with Crippen molar-refractivity contribution in [3.8, 4) is 17.0 Å². The van der Waals surface area contributed by atoms with Crippen molar-refractivity contribution >= 4 is 39.2 Å². The van der Waals surface area contributed by atoms with Crippen LogP contribution in [0.5, 0.6) is 5.88 Å². The van der Waals surface area contributed by atoms with E-state index in [4.69, 9.17) is 26.6 Å². The smallest absolute Gasteiger partial charge is 0.232 e. The molecule has 26 heavy (non-hydrogen) atoms. The Kier molecular flexibility index (Phi) is 4.12. The Hall–Kier alpha value is -2.86. The van der Waals surface area contributed by atoms with Gasteiger partial charge in [-0.05, 0) is 29.5 Å². The summed E-state index contributed by atoms with van der Waals surface area (Å²) in [5, 5.41) is 6.93. The molecule has 0 aliphatic carbocycles. The van der Waals surface area contributed by atoms with Gasteiger partial charge in [-0.1, -0.05) is 30.6 Å². The summed E-state index contributed by atoms with van der Waals surface area (Å²) in [4.78, 5) is 8.69. The third-order valence-corrected chi connectivity index (χ3v) is 4.32. The van der Waals surface area contributed by atoms with Crippen LogP contribution in [0.25, 0.3) is 32.9 Å². The first-order valence-electron chi connectivity index (χ1n) is 8.24. The predicted molar refractivity (Wildman–Crippen MR) is 102 cm³/mol. The Labute approximate surface area is 154 Å². The van der Waals surface area contributed by atoms with Gasteiger partial charge in [0.1, 0.15) is 5.02 Å². The van der Waals surface area contributed by atoms with Crippen molar-refractivity contribution < 1.29 is 9.26 Å². The van der Waals surface area contributed by atoms with Crippen molar-refractivity contribution in [3.05, 3.63) is 41.8 Å². The number of ether oxygens (including phenoxy) is 1. The minimum Gasteiger partial charge on any atom is -0.476 e. The highest BCUT2D eigenvalue weighted by Gasteiger charge is 2.13. The Morgan fingerprint density at radius 1 is 1.15 bits per heavy atom. The van der Waals surface area contributed by atoms with Gasteiger partial charge in [-0.15, -0.1) is 0 Å². The molecule has 0 spiro atoms. The zero-order chi connectivity index (χ0) is 18.3. The summed E-state index contributed by atoms with van der Waals surface area (Å²) in [6.07, 6.45) is 5.28. The second-order valence-corrected chi connectivity index (χ2v) is 6.95. The fraction of sp³-hybridized carbons (Fsp3) is 0.211. The number of pyridine rings is 2. The van der Waals surface area contributed by atoms with Crippen molar-refractivity contribution in [2.75, 3.05) is 12.3 Å². The van der Waals surface area contributed by atoms with Gasteiger partial charge >= 0.3 is 0 Å². The summed E-state index contributed by atoms with van der Waals surface area (Å²) in [6, 6.07) is 5.66. The number of nitrogens with zero attached hydrogens (tertiary/aromatic N) is 3. The third-order valence-electron chi connectivity index (χ3n) is 4.05. The first kappa shape index (κ1) is 16.6. The lowest BCUT2D eigenvalue weighted by molar-refractivity contribution is 0.261. The van der Waals surface area contributed by atoms with Crippen LogP contribution in [0.15, 0.2) is 41.3 Å². The number of hydrogen-bond donors (Lipinski definition) is 1. The van der Waals surface area contributed by atoms with Gasteiger partial charge in [0, 0.05) is 35.1 Å². The SMILES string of the molecule is CC(C)COc1ncc(-c2cncc3cc4c(N)noc4cc23)cc1Cl. The molecule has 0 bridgehead atoms. The fourth-order valence-corrected chi connectivity index (χ4v) is 3.00. The van der Waals surface area contributed by atoms with Gasteiger partial charge in [-0.2, -0.15) is 0 Å². The van der Waals surface area contributed by atoms with Crippen molar-refractivity contribution in [3.63, 3.8) is 0 Å². The summed E-state index contributed by atoms with van der Waals surface area (Å²) >= 11 is 6.36. The maximum atomic E-state index is 6.36. The van der Waals surface area contributed by atoms with Crippen LogP contribution >= 0.6 is 11.6 Å². The lowest BCUT2D eigenvalue weighted by atomic mass is 10.0. The number of halogens is 1. The van der Waals surface area contributed by atoms with E-state index in [0.29, 0.717) is 34.8 Å². The monoisotopic (exact) mass is 368 g/mol. The topological polar surface area (TPSA) is 87.1 Å². The molecule has 4 rings (SSSR count). The second-order valence-electron chi connectivity index (χ2n) is 6.54. The molecule has 0 saturated heterocycles. The van der Waals surface area contributed by atoms with E-state index in [1.54, 1.807) is 18.6 Å². The molecule has 1 aromatic carbocycles. The molecule has 3 aromatic heterocycles. The molecule has 2 N–H and O–H groups in total. The number of rotatable bonds is 4. The molecule has 0 radical (unpaired) electrons. The molecule has 0 atom stereocenters. The Morgan fingerprint density at radius 2 is 2.00 bits per heavy atom. The van der Waals surface area contributed by atoms with Crippen molar-refractivity contribution in [2.45, 2.75) is 13.8 Å². The largest absolute Gasteiger partial charge is 0.476 e. The highest BCUT2D eigenvalue weighted by Crippen LogP contribution is 2.34. The van der Waals surface area contributed by atoms with Crippen molar-refractivity contribution in [1.82, 2.24) is 15.1 Å². The molecule has 0 amide bonds. The van der Waals surface area contributed by atoms with Gasteiger partial charge < -0.3 is 15.0 Å². The van der Waals surface area contributed by atoms with E-state index >= 15 is 0 Å². The molecule has 132 valence electrons. The van der Waals surface area contributed by atoms with E-state index in [1.807, 2.05) is 18.2 Å². The van der Waals surface area contributed by atoms with Crippen LogP contribution in [0.1, 0.15) is 13.8 Å². The molecule has 0 unspecified atom stereocenters. The second kappa shape index (κ2) is 6.46. The van der Waals surface area contributed by atoms with E-state index in [2.05, 4.69) is 29.0 Å². The normalized spacial score (nSPS) is 11.5. The van der Waals surface area contributed by atoms with Gasteiger partial charge in [-0.3, -0.25) is 4.98 Å². The molecule has 0 aliphatic heterocycles. The minimum atomic E-state index is 0.365. The lowest BCUT2D eigenvalue weighted by Crippen LogP contribution is -2.06. The molecule has 0 fully saturated rings. The summed E-state index contributed by atoms with van der Waals surface area (Å²) in [7, 11) is 0. The summed E-state index contributed by atoms with van der Waals surface area (Å²) in [5.41, 5.74) is 8.20. The summed E-state index contributed by atoms with van der Waals surface area (Å²) in [5.74, 6) is 1.19. The van der Waals surface area contributed by atoms with Gasteiger partial charge in [0.05, 0.1) is 12.0 Å². The van der Waals surface area contributed by atoms with E-state index in [9.17, 15) is 0 Å². The van der Waals surface area contributed by atoms with Crippen LogP contribution in [0.2, 0.25) is 5.02 Å². The van der Waals surface area contributed by atoms with E-state index in [0.717, 1.165) is 27.3 Å². The van der Waals surface area contributed by atoms with Gasteiger partial charge in [0.25, 0.3) is 0 Å². The molecule has 7 heteroatoms. The van der Waals surface area contributed by atoms with Crippen molar-refractivity contribution in [1.29, 1.82) is 0 Å². The van der Waals surface area contributed by atoms with Gasteiger partial charge in [-0.25, -0.2) is 4.98 Å². The Bertz CT molecular complexity index is 1110. The molecule has 0 aliphatic rings. The van der Waals surface area contributed by atoms with E-state index in [-0.39, 0.29) is 0 Å². The quantitative estimate of drug-likeness (QED) is 0.561. The number of anilines is 1. The molecule has 4 aromatic rings. The average Bonchev–Trinajstić information content (AvgIpc) is 2.98. The summed E-state index contributed by atoms with van der Waals surface area (Å²) in [6.45, 7) is 4.70.